The molecular weight excluding hydrogens is 176 g/mol. The molecule has 14 heavy (non-hydrogen) atoms. The third-order valence-electron chi connectivity index (χ3n) is 2.60. The zero-order valence-corrected chi connectivity index (χ0v) is 8.89. The first-order valence-electron chi connectivity index (χ1n) is 4.77. The van der Waals surface area contributed by atoms with Gasteiger partial charge >= 0.3 is 0 Å². The Kier molecular flexibility index (Phi) is 3.28. The highest BCUT2D eigenvalue weighted by Gasteiger charge is 2.00. The number of aryl methyl sites for hydroxylation is 3. The van der Waals surface area contributed by atoms with Crippen LogP contribution < -0.4 is 5.11 Å². The van der Waals surface area contributed by atoms with E-state index in [1.807, 2.05) is 26.0 Å². The summed E-state index contributed by atoms with van der Waals surface area (Å²) in [6.07, 6.45) is 0.659. The zero-order valence-electron chi connectivity index (χ0n) is 8.89. The summed E-state index contributed by atoms with van der Waals surface area (Å²) in [5, 5.41) is 10.3. The molecule has 0 unspecified atom stereocenters. The van der Waals surface area contributed by atoms with Gasteiger partial charge in [-0.2, -0.15) is 0 Å². The third-order valence-corrected chi connectivity index (χ3v) is 2.60. The standard InChI is InChI=1S/C12H16O2/c1-8-6-11(4-5-12(13)14)7-9(2)10(8)3/h6-7H,4-5H2,1-3H3,(H,13,14)/p-1. The Bertz CT molecular complexity index is 330. The van der Waals surface area contributed by atoms with Crippen LogP contribution in [-0.2, 0) is 11.2 Å². The molecule has 0 atom stereocenters. The molecule has 0 heterocycles. The smallest absolute Gasteiger partial charge is 0.0417 e. The molecule has 2 heteroatoms. The molecule has 1 aromatic rings. The predicted molar refractivity (Wildman–Crippen MR) is 54.0 cm³/mol. The van der Waals surface area contributed by atoms with Crippen LogP contribution >= 0.6 is 0 Å². The van der Waals surface area contributed by atoms with E-state index >= 15 is 0 Å². The Labute approximate surface area is 84.6 Å². The quantitative estimate of drug-likeness (QED) is 0.722. The molecule has 0 radical (unpaired) electrons. The summed E-state index contributed by atoms with van der Waals surface area (Å²) in [7, 11) is 0. The van der Waals surface area contributed by atoms with E-state index in [1.54, 1.807) is 0 Å². The van der Waals surface area contributed by atoms with Crippen molar-refractivity contribution < 1.29 is 9.90 Å². The van der Waals surface area contributed by atoms with Crippen molar-refractivity contribution in [3.8, 4) is 0 Å². The van der Waals surface area contributed by atoms with E-state index in [0.717, 1.165) is 5.56 Å². The van der Waals surface area contributed by atoms with Gasteiger partial charge in [-0.1, -0.05) is 12.1 Å². The summed E-state index contributed by atoms with van der Waals surface area (Å²) in [5.41, 5.74) is 4.80. The summed E-state index contributed by atoms with van der Waals surface area (Å²) < 4.78 is 0. The van der Waals surface area contributed by atoms with E-state index in [9.17, 15) is 9.90 Å². The van der Waals surface area contributed by atoms with Crippen LogP contribution in [0.5, 0.6) is 0 Å². The van der Waals surface area contributed by atoms with Crippen LogP contribution in [0, 0.1) is 20.8 Å². The topological polar surface area (TPSA) is 40.1 Å². The monoisotopic (exact) mass is 191 g/mol. The van der Waals surface area contributed by atoms with E-state index in [4.69, 9.17) is 0 Å². The van der Waals surface area contributed by atoms with Gasteiger partial charge in [0.25, 0.3) is 0 Å². The highest BCUT2D eigenvalue weighted by molar-refractivity contribution is 5.64. The summed E-state index contributed by atoms with van der Waals surface area (Å²) in [6.45, 7) is 6.17. The maximum atomic E-state index is 10.3. The van der Waals surface area contributed by atoms with Crippen LogP contribution in [0.2, 0.25) is 0 Å². The minimum Gasteiger partial charge on any atom is -0.550 e. The van der Waals surface area contributed by atoms with E-state index in [2.05, 4.69) is 6.92 Å². The number of benzene rings is 1. The molecule has 0 fully saturated rings. The highest BCUT2D eigenvalue weighted by atomic mass is 16.4. The van der Waals surface area contributed by atoms with Crippen molar-refractivity contribution in [2.45, 2.75) is 33.6 Å². The number of carbonyl (C=O) groups excluding carboxylic acids is 1. The zero-order chi connectivity index (χ0) is 10.7. The molecule has 2 nitrogen and oxygen atoms in total. The second-order valence-electron chi connectivity index (χ2n) is 3.73. The Morgan fingerprint density at radius 2 is 1.71 bits per heavy atom. The SMILES string of the molecule is Cc1cc(CCC(=O)[O-])cc(C)c1C. The fourth-order valence-electron chi connectivity index (χ4n) is 1.52. The fourth-order valence-corrected chi connectivity index (χ4v) is 1.52. The Hall–Kier alpha value is -1.31. The number of carbonyl (C=O) groups is 1. The molecule has 0 aliphatic carbocycles. The lowest BCUT2D eigenvalue weighted by Gasteiger charge is -2.09. The molecule has 0 aliphatic heterocycles. The molecule has 0 aliphatic rings. The van der Waals surface area contributed by atoms with Crippen LogP contribution in [0.25, 0.3) is 0 Å². The molecule has 0 saturated carbocycles. The molecule has 0 amide bonds. The lowest BCUT2D eigenvalue weighted by Crippen LogP contribution is -2.22. The van der Waals surface area contributed by atoms with Crippen molar-refractivity contribution in [1.29, 1.82) is 0 Å². The van der Waals surface area contributed by atoms with Crippen LogP contribution in [0.15, 0.2) is 12.1 Å². The van der Waals surface area contributed by atoms with Crippen LogP contribution in [-0.4, -0.2) is 5.97 Å². The minimum atomic E-state index is -0.985. The van der Waals surface area contributed by atoms with Crippen LogP contribution in [0.3, 0.4) is 0 Å². The van der Waals surface area contributed by atoms with Crippen molar-refractivity contribution in [2.24, 2.45) is 0 Å². The molecule has 0 N–H and O–H groups in total. The number of hydrogen-bond donors (Lipinski definition) is 0. The third kappa shape index (κ3) is 2.59. The largest absolute Gasteiger partial charge is 0.550 e. The Balaban J connectivity index is 2.84. The molecule has 0 saturated heterocycles. The Morgan fingerprint density at radius 1 is 1.21 bits per heavy atom. The average molecular weight is 191 g/mol. The number of rotatable bonds is 3. The summed E-state index contributed by atoms with van der Waals surface area (Å²) >= 11 is 0. The van der Waals surface area contributed by atoms with E-state index in [1.165, 1.54) is 16.7 Å². The Morgan fingerprint density at radius 3 is 2.14 bits per heavy atom. The van der Waals surface area contributed by atoms with Crippen molar-refractivity contribution >= 4 is 5.97 Å². The van der Waals surface area contributed by atoms with Crippen LogP contribution in [0.1, 0.15) is 28.7 Å². The highest BCUT2D eigenvalue weighted by Crippen LogP contribution is 2.16. The number of carboxylic acid groups (broad SMARTS) is 1. The van der Waals surface area contributed by atoms with Gasteiger partial charge in [0, 0.05) is 5.97 Å². The predicted octanol–water partition coefficient (Wildman–Crippen LogP) is 1.29. The van der Waals surface area contributed by atoms with Crippen molar-refractivity contribution in [3.05, 3.63) is 34.4 Å². The number of aliphatic carboxylic acids is 1. The maximum Gasteiger partial charge on any atom is 0.0417 e. The minimum absolute atomic E-state index is 0.0991. The second kappa shape index (κ2) is 4.27. The first kappa shape index (κ1) is 10.8. The van der Waals surface area contributed by atoms with E-state index < -0.39 is 5.97 Å². The average Bonchev–Trinajstić information content (AvgIpc) is 2.10. The van der Waals surface area contributed by atoms with Gasteiger partial charge in [-0.3, -0.25) is 0 Å². The molecule has 0 aromatic heterocycles. The molecule has 1 aromatic carbocycles. The second-order valence-corrected chi connectivity index (χ2v) is 3.73. The van der Waals surface area contributed by atoms with Gasteiger partial charge in [0.1, 0.15) is 0 Å². The molecule has 76 valence electrons. The van der Waals surface area contributed by atoms with Crippen molar-refractivity contribution in [2.75, 3.05) is 0 Å². The first-order valence-corrected chi connectivity index (χ1v) is 4.77. The number of carboxylic acids is 1. The van der Waals surface area contributed by atoms with Gasteiger partial charge in [-0.25, -0.2) is 0 Å². The van der Waals surface area contributed by atoms with Gasteiger partial charge in [-0.05, 0) is 55.9 Å². The van der Waals surface area contributed by atoms with Gasteiger partial charge in [0.2, 0.25) is 0 Å². The van der Waals surface area contributed by atoms with Crippen molar-refractivity contribution in [1.82, 2.24) is 0 Å². The summed E-state index contributed by atoms with van der Waals surface area (Å²) in [6, 6.07) is 4.09. The number of hydrogen-bond acceptors (Lipinski definition) is 2. The van der Waals surface area contributed by atoms with Crippen molar-refractivity contribution in [3.63, 3.8) is 0 Å². The fraction of sp³-hybridized carbons (Fsp3) is 0.417. The molecular formula is C12H15O2-. The normalized spacial score (nSPS) is 10.2. The van der Waals surface area contributed by atoms with Crippen LogP contribution in [0.4, 0.5) is 0 Å². The van der Waals surface area contributed by atoms with Gasteiger partial charge in [-0.15, -0.1) is 0 Å². The van der Waals surface area contributed by atoms with Gasteiger partial charge < -0.3 is 9.90 Å². The first-order chi connectivity index (χ1) is 6.50. The lowest BCUT2D eigenvalue weighted by atomic mass is 9.98. The van der Waals surface area contributed by atoms with Gasteiger partial charge in [0.05, 0.1) is 0 Å². The summed E-state index contributed by atoms with van der Waals surface area (Å²) in [4.78, 5) is 10.3. The maximum absolute atomic E-state index is 10.3. The lowest BCUT2D eigenvalue weighted by molar-refractivity contribution is -0.305. The van der Waals surface area contributed by atoms with E-state index in [0.29, 0.717) is 6.42 Å². The molecule has 0 spiro atoms. The van der Waals surface area contributed by atoms with Gasteiger partial charge in [0.15, 0.2) is 0 Å². The summed E-state index contributed by atoms with van der Waals surface area (Å²) in [5.74, 6) is -0.985. The molecule has 0 bridgehead atoms. The van der Waals surface area contributed by atoms with E-state index in [-0.39, 0.29) is 6.42 Å². The molecule has 1 rings (SSSR count).